The monoisotopic (exact) mass is 344 g/mol. The van der Waals surface area contributed by atoms with Gasteiger partial charge in [0, 0.05) is 6.04 Å². The lowest BCUT2D eigenvalue weighted by Gasteiger charge is -2.15. The number of nitrogens with zero attached hydrogens (tertiary/aromatic N) is 1. The first-order valence-electron chi connectivity index (χ1n) is 6.75. The predicted molar refractivity (Wildman–Crippen MR) is 87.0 cm³/mol. The molecule has 1 atom stereocenters. The van der Waals surface area contributed by atoms with E-state index in [9.17, 15) is 0 Å². The molecule has 2 rings (SSSR count). The molecule has 3 nitrogen and oxygen atoms in total. The highest BCUT2D eigenvalue weighted by Crippen LogP contribution is 2.30. The van der Waals surface area contributed by atoms with Gasteiger partial charge in [0.05, 0.1) is 16.1 Å². The molecule has 21 heavy (non-hydrogen) atoms. The van der Waals surface area contributed by atoms with Crippen LogP contribution in [0.3, 0.4) is 0 Å². The Morgan fingerprint density at radius 2 is 2.05 bits per heavy atom. The van der Waals surface area contributed by atoms with Gasteiger partial charge in [-0.25, -0.2) is 0 Å². The average molecular weight is 345 g/mol. The van der Waals surface area contributed by atoms with Gasteiger partial charge in [0.2, 0.25) is 0 Å². The Hall–Kier alpha value is -1.83. The van der Waals surface area contributed by atoms with Crippen molar-refractivity contribution >= 4 is 15.9 Å². The van der Waals surface area contributed by atoms with Crippen LogP contribution in [0.15, 0.2) is 46.9 Å². The Labute approximate surface area is 133 Å². The molecule has 0 aromatic heterocycles. The first-order chi connectivity index (χ1) is 10.1. The van der Waals surface area contributed by atoms with Gasteiger partial charge < -0.3 is 10.5 Å². The minimum absolute atomic E-state index is 0.0727. The predicted octanol–water partition coefficient (Wildman–Crippen LogP) is 3.79. The van der Waals surface area contributed by atoms with Gasteiger partial charge in [-0.2, -0.15) is 5.26 Å². The number of ether oxygens (including phenoxy) is 1. The molecule has 0 heterocycles. The number of rotatable bonds is 5. The molecule has 2 aromatic rings. The normalized spacial score (nSPS) is 11.7. The van der Waals surface area contributed by atoms with Crippen LogP contribution in [-0.4, -0.2) is 6.04 Å². The van der Waals surface area contributed by atoms with E-state index in [1.54, 1.807) is 6.07 Å². The van der Waals surface area contributed by atoms with Crippen molar-refractivity contribution in [1.82, 2.24) is 0 Å². The SMILES string of the molecule is CC(N)Cc1cccc(Br)c1OCc1cccc(C#N)c1. The van der Waals surface area contributed by atoms with Crippen LogP contribution in [0.25, 0.3) is 0 Å². The summed E-state index contributed by atoms with van der Waals surface area (Å²) in [6.07, 6.45) is 0.757. The van der Waals surface area contributed by atoms with E-state index in [1.165, 1.54) is 0 Å². The Morgan fingerprint density at radius 1 is 1.29 bits per heavy atom. The fraction of sp³-hybridized carbons (Fsp3) is 0.235. The molecule has 0 aliphatic carbocycles. The van der Waals surface area contributed by atoms with Crippen molar-refractivity contribution in [3.63, 3.8) is 0 Å². The third-order valence-electron chi connectivity index (χ3n) is 3.03. The largest absolute Gasteiger partial charge is 0.487 e. The van der Waals surface area contributed by atoms with Gasteiger partial charge in [0.1, 0.15) is 12.4 Å². The van der Waals surface area contributed by atoms with Crippen LogP contribution in [0, 0.1) is 11.3 Å². The van der Waals surface area contributed by atoms with Gasteiger partial charge in [0.15, 0.2) is 0 Å². The summed E-state index contributed by atoms with van der Waals surface area (Å²) in [6.45, 7) is 2.39. The third kappa shape index (κ3) is 4.32. The number of hydrogen-bond donors (Lipinski definition) is 1. The minimum Gasteiger partial charge on any atom is -0.487 e. The second kappa shape index (κ2) is 7.26. The van der Waals surface area contributed by atoms with Crippen LogP contribution in [0.2, 0.25) is 0 Å². The molecule has 108 valence electrons. The van der Waals surface area contributed by atoms with Gasteiger partial charge in [0.25, 0.3) is 0 Å². The molecular weight excluding hydrogens is 328 g/mol. The fourth-order valence-electron chi connectivity index (χ4n) is 2.11. The summed E-state index contributed by atoms with van der Waals surface area (Å²) >= 11 is 3.52. The Morgan fingerprint density at radius 3 is 2.76 bits per heavy atom. The lowest BCUT2D eigenvalue weighted by Crippen LogP contribution is -2.18. The molecule has 0 spiro atoms. The zero-order valence-corrected chi connectivity index (χ0v) is 13.4. The lowest BCUT2D eigenvalue weighted by molar-refractivity contribution is 0.300. The maximum atomic E-state index is 8.92. The van der Waals surface area contributed by atoms with E-state index in [-0.39, 0.29) is 6.04 Å². The smallest absolute Gasteiger partial charge is 0.137 e. The number of benzene rings is 2. The number of hydrogen-bond acceptors (Lipinski definition) is 3. The summed E-state index contributed by atoms with van der Waals surface area (Å²) in [4.78, 5) is 0. The number of para-hydroxylation sites is 1. The highest BCUT2D eigenvalue weighted by atomic mass is 79.9. The summed E-state index contributed by atoms with van der Waals surface area (Å²) in [6, 6.07) is 15.6. The van der Waals surface area contributed by atoms with Crippen LogP contribution in [0.4, 0.5) is 0 Å². The standard InChI is InChI=1S/C17H17BrN2O/c1-12(20)8-15-6-3-7-16(18)17(15)21-11-14-5-2-4-13(9-14)10-19/h2-7,9,12H,8,11,20H2,1H3. The zero-order chi connectivity index (χ0) is 15.2. The number of halogens is 1. The topological polar surface area (TPSA) is 59.0 Å². The Bertz CT molecular complexity index is 662. The van der Waals surface area contributed by atoms with E-state index in [0.29, 0.717) is 12.2 Å². The molecule has 4 heteroatoms. The van der Waals surface area contributed by atoms with Crippen molar-refractivity contribution in [2.45, 2.75) is 26.0 Å². The van der Waals surface area contributed by atoms with Crippen LogP contribution in [0.1, 0.15) is 23.6 Å². The van der Waals surface area contributed by atoms with Crippen LogP contribution >= 0.6 is 15.9 Å². The van der Waals surface area contributed by atoms with Gasteiger partial charge in [-0.3, -0.25) is 0 Å². The molecule has 0 saturated heterocycles. The average Bonchev–Trinajstić information content (AvgIpc) is 2.46. The van der Waals surface area contributed by atoms with E-state index < -0.39 is 0 Å². The molecule has 0 fully saturated rings. The minimum atomic E-state index is 0.0727. The molecule has 0 radical (unpaired) electrons. The van der Waals surface area contributed by atoms with E-state index in [4.69, 9.17) is 15.7 Å². The van der Waals surface area contributed by atoms with Crippen molar-refractivity contribution in [2.75, 3.05) is 0 Å². The number of nitrogens with two attached hydrogens (primary N) is 1. The lowest BCUT2D eigenvalue weighted by atomic mass is 10.1. The molecule has 0 aliphatic rings. The molecular formula is C17H17BrN2O. The summed E-state index contributed by atoms with van der Waals surface area (Å²) in [5, 5.41) is 8.92. The fourth-order valence-corrected chi connectivity index (χ4v) is 2.63. The highest BCUT2D eigenvalue weighted by molar-refractivity contribution is 9.10. The molecule has 0 saturated carbocycles. The van der Waals surface area contributed by atoms with Gasteiger partial charge >= 0.3 is 0 Å². The van der Waals surface area contributed by atoms with Crippen LogP contribution < -0.4 is 10.5 Å². The molecule has 2 aromatic carbocycles. The van der Waals surface area contributed by atoms with Crippen molar-refractivity contribution in [3.05, 3.63) is 63.6 Å². The maximum Gasteiger partial charge on any atom is 0.137 e. The summed E-state index contributed by atoms with van der Waals surface area (Å²) in [5.74, 6) is 0.817. The summed E-state index contributed by atoms with van der Waals surface area (Å²) in [7, 11) is 0. The van der Waals surface area contributed by atoms with E-state index in [2.05, 4.69) is 22.0 Å². The third-order valence-corrected chi connectivity index (χ3v) is 3.65. The van der Waals surface area contributed by atoms with Crippen molar-refractivity contribution in [1.29, 1.82) is 5.26 Å². The van der Waals surface area contributed by atoms with Crippen molar-refractivity contribution in [3.8, 4) is 11.8 Å². The van der Waals surface area contributed by atoms with Gasteiger partial charge in [-0.15, -0.1) is 0 Å². The van der Waals surface area contributed by atoms with Gasteiger partial charge in [-0.05, 0) is 58.6 Å². The first kappa shape index (κ1) is 15.6. The summed E-state index contributed by atoms with van der Waals surface area (Å²) < 4.78 is 6.86. The Kier molecular flexibility index (Phi) is 5.38. The highest BCUT2D eigenvalue weighted by Gasteiger charge is 2.10. The van der Waals surface area contributed by atoms with E-state index >= 15 is 0 Å². The zero-order valence-electron chi connectivity index (χ0n) is 11.8. The van der Waals surface area contributed by atoms with Crippen molar-refractivity contribution in [2.24, 2.45) is 5.73 Å². The van der Waals surface area contributed by atoms with Crippen LogP contribution in [-0.2, 0) is 13.0 Å². The maximum absolute atomic E-state index is 8.92. The van der Waals surface area contributed by atoms with E-state index in [1.807, 2.05) is 43.3 Å². The number of nitriles is 1. The molecule has 1 unspecified atom stereocenters. The van der Waals surface area contributed by atoms with E-state index in [0.717, 1.165) is 27.8 Å². The summed E-state index contributed by atoms with van der Waals surface area (Å²) in [5.41, 5.74) is 8.57. The van der Waals surface area contributed by atoms with Gasteiger partial charge in [-0.1, -0.05) is 24.3 Å². The Balaban J connectivity index is 2.17. The molecule has 0 amide bonds. The second-order valence-electron chi connectivity index (χ2n) is 5.01. The quantitative estimate of drug-likeness (QED) is 0.897. The molecule has 2 N–H and O–H groups in total. The second-order valence-corrected chi connectivity index (χ2v) is 5.86. The first-order valence-corrected chi connectivity index (χ1v) is 7.54. The molecule has 0 aliphatic heterocycles. The van der Waals surface area contributed by atoms with Crippen LogP contribution in [0.5, 0.6) is 5.75 Å². The van der Waals surface area contributed by atoms with Crippen molar-refractivity contribution < 1.29 is 4.74 Å². The molecule has 0 bridgehead atoms.